The van der Waals surface area contributed by atoms with Crippen molar-refractivity contribution in [3.8, 4) is 5.75 Å². The number of carbonyl (C=O) groups excluding carboxylic acids is 1. The Bertz CT molecular complexity index is 671. The van der Waals surface area contributed by atoms with Crippen LogP contribution in [0, 0.1) is 0 Å². The van der Waals surface area contributed by atoms with Crippen molar-refractivity contribution in [1.82, 2.24) is 14.9 Å². The van der Waals surface area contributed by atoms with E-state index < -0.39 is 0 Å². The quantitative estimate of drug-likeness (QED) is 0.878. The number of ether oxygens (including phenoxy) is 1. The van der Waals surface area contributed by atoms with Gasteiger partial charge in [0, 0.05) is 24.8 Å². The van der Waals surface area contributed by atoms with E-state index in [4.69, 9.17) is 4.74 Å². The molecule has 1 unspecified atom stereocenters. The molecule has 6 heteroatoms. The third-order valence-electron chi connectivity index (χ3n) is 3.87. The van der Waals surface area contributed by atoms with Crippen molar-refractivity contribution in [2.24, 2.45) is 0 Å². The summed E-state index contributed by atoms with van der Waals surface area (Å²) in [4.78, 5) is 16.7. The van der Waals surface area contributed by atoms with Crippen molar-refractivity contribution in [3.05, 3.63) is 41.7 Å². The van der Waals surface area contributed by atoms with Gasteiger partial charge in [0.1, 0.15) is 18.1 Å². The highest BCUT2D eigenvalue weighted by atomic mass is 16.5. The Morgan fingerprint density at radius 2 is 2.33 bits per heavy atom. The number of hydrogen-bond donors (Lipinski definition) is 2. The lowest BCUT2D eigenvalue weighted by atomic mass is 10.1. The molecule has 0 aliphatic carbocycles. The molecule has 1 atom stereocenters. The van der Waals surface area contributed by atoms with Gasteiger partial charge in [-0.2, -0.15) is 0 Å². The lowest BCUT2D eigenvalue weighted by Crippen LogP contribution is -2.29. The van der Waals surface area contributed by atoms with Gasteiger partial charge in [-0.1, -0.05) is 18.2 Å². The molecule has 0 spiro atoms. The average molecular weight is 284 g/mol. The number of hydrogen-bond acceptors (Lipinski definition) is 4. The SMILES string of the molecule is O=C(NC1COc2ccccc21)c1cn2c(n1)NCCC2. The van der Waals surface area contributed by atoms with Gasteiger partial charge in [-0.05, 0) is 12.5 Å². The second-order valence-electron chi connectivity index (χ2n) is 5.30. The van der Waals surface area contributed by atoms with Crippen molar-refractivity contribution >= 4 is 11.9 Å². The monoisotopic (exact) mass is 284 g/mol. The van der Waals surface area contributed by atoms with Crippen LogP contribution < -0.4 is 15.4 Å². The number of carbonyl (C=O) groups is 1. The van der Waals surface area contributed by atoms with Gasteiger partial charge in [0.2, 0.25) is 5.95 Å². The number of anilines is 1. The van der Waals surface area contributed by atoms with Gasteiger partial charge in [-0.15, -0.1) is 0 Å². The standard InChI is InChI=1S/C15H16N4O2/c20-14(11-8-19-7-3-6-16-15(19)18-11)17-12-9-21-13-5-2-1-4-10(12)13/h1-2,4-5,8,12H,3,6-7,9H2,(H,16,18)(H,17,20). The summed E-state index contributed by atoms with van der Waals surface area (Å²) in [5.41, 5.74) is 1.47. The molecule has 1 aromatic carbocycles. The summed E-state index contributed by atoms with van der Waals surface area (Å²) in [5, 5.41) is 6.19. The lowest BCUT2D eigenvalue weighted by molar-refractivity contribution is 0.0925. The maximum atomic E-state index is 12.4. The highest BCUT2D eigenvalue weighted by molar-refractivity contribution is 5.93. The highest BCUT2D eigenvalue weighted by Crippen LogP contribution is 2.31. The molecule has 2 aromatic rings. The minimum absolute atomic E-state index is 0.111. The summed E-state index contributed by atoms with van der Waals surface area (Å²) < 4.78 is 7.56. The predicted molar refractivity (Wildman–Crippen MR) is 77.5 cm³/mol. The van der Waals surface area contributed by atoms with E-state index in [2.05, 4.69) is 15.6 Å². The van der Waals surface area contributed by atoms with Gasteiger partial charge in [0.05, 0.1) is 6.04 Å². The Hall–Kier alpha value is -2.50. The van der Waals surface area contributed by atoms with Crippen molar-refractivity contribution in [3.63, 3.8) is 0 Å². The van der Waals surface area contributed by atoms with Crippen molar-refractivity contribution in [2.75, 3.05) is 18.5 Å². The van der Waals surface area contributed by atoms with Crippen LogP contribution in [0.25, 0.3) is 0 Å². The van der Waals surface area contributed by atoms with E-state index in [1.54, 1.807) is 6.20 Å². The maximum absolute atomic E-state index is 12.4. The fraction of sp³-hybridized carbons (Fsp3) is 0.333. The minimum Gasteiger partial charge on any atom is -0.491 e. The molecule has 6 nitrogen and oxygen atoms in total. The van der Waals surface area contributed by atoms with Crippen LogP contribution in [0.1, 0.15) is 28.5 Å². The first kappa shape index (κ1) is 12.3. The molecule has 1 amide bonds. The average Bonchev–Trinajstić information content (AvgIpc) is 3.11. The number of rotatable bonds is 2. The van der Waals surface area contributed by atoms with Gasteiger partial charge in [0.15, 0.2) is 0 Å². The molecule has 21 heavy (non-hydrogen) atoms. The third kappa shape index (κ3) is 2.12. The van der Waals surface area contributed by atoms with E-state index in [1.165, 1.54) is 0 Å². The lowest BCUT2D eigenvalue weighted by Gasteiger charge is -2.14. The Labute approximate surface area is 122 Å². The molecule has 0 fully saturated rings. The summed E-state index contributed by atoms with van der Waals surface area (Å²) in [6.45, 7) is 2.27. The fourth-order valence-corrected chi connectivity index (χ4v) is 2.80. The molecule has 4 rings (SSSR count). The number of nitrogens with one attached hydrogen (secondary N) is 2. The Morgan fingerprint density at radius 3 is 3.24 bits per heavy atom. The van der Waals surface area contributed by atoms with Crippen LogP contribution in [0.5, 0.6) is 5.75 Å². The Morgan fingerprint density at radius 1 is 1.43 bits per heavy atom. The predicted octanol–water partition coefficient (Wildman–Crippen LogP) is 1.56. The van der Waals surface area contributed by atoms with E-state index in [0.29, 0.717) is 12.3 Å². The molecule has 108 valence electrons. The first-order valence-electron chi connectivity index (χ1n) is 7.15. The van der Waals surface area contributed by atoms with Crippen LogP contribution in [0.3, 0.4) is 0 Å². The molecule has 1 aromatic heterocycles. The number of para-hydroxylation sites is 1. The zero-order valence-electron chi connectivity index (χ0n) is 11.5. The molecule has 3 heterocycles. The van der Waals surface area contributed by atoms with Crippen molar-refractivity contribution < 1.29 is 9.53 Å². The second kappa shape index (κ2) is 4.80. The number of aryl methyl sites for hydroxylation is 1. The molecular formula is C15H16N4O2. The number of imidazole rings is 1. The Balaban J connectivity index is 1.53. The number of amides is 1. The summed E-state index contributed by atoms with van der Waals surface area (Å²) in [7, 11) is 0. The van der Waals surface area contributed by atoms with Gasteiger partial charge in [0.25, 0.3) is 5.91 Å². The van der Waals surface area contributed by atoms with E-state index in [1.807, 2.05) is 28.8 Å². The fourth-order valence-electron chi connectivity index (χ4n) is 2.80. The van der Waals surface area contributed by atoms with Gasteiger partial charge in [-0.25, -0.2) is 4.98 Å². The van der Waals surface area contributed by atoms with E-state index >= 15 is 0 Å². The van der Waals surface area contributed by atoms with Crippen molar-refractivity contribution in [2.45, 2.75) is 19.0 Å². The summed E-state index contributed by atoms with van der Waals surface area (Å²) in [6, 6.07) is 7.66. The van der Waals surface area contributed by atoms with Crippen LogP contribution in [0.15, 0.2) is 30.5 Å². The summed E-state index contributed by atoms with van der Waals surface area (Å²) >= 11 is 0. The molecule has 2 aliphatic rings. The van der Waals surface area contributed by atoms with Gasteiger partial charge in [-0.3, -0.25) is 4.79 Å². The minimum atomic E-state index is -0.163. The first-order chi connectivity index (χ1) is 10.3. The number of benzene rings is 1. The summed E-state index contributed by atoms with van der Waals surface area (Å²) in [5.74, 6) is 1.45. The maximum Gasteiger partial charge on any atom is 0.272 e. The van der Waals surface area contributed by atoms with Crippen LogP contribution in [0.4, 0.5) is 5.95 Å². The zero-order chi connectivity index (χ0) is 14.2. The van der Waals surface area contributed by atoms with Crippen LogP contribution in [-0.4, -0.2) is 28.6 Å². The largest absolute Gasteiger partial charge is 0.491 e. The van der Waals surface area contributed by atoms with Crippen LogP contribution in [-0.2, 0) is 6.54 Å². The summed E-state index contributed by atoms with van der Waals surface area (Å²) in [6.07, 6.45) is 2.85. The molecule has 0 radical (unpaired) electrons. The molecule has 0 saturated carbocycles. The Kier molecular flexibility index (Phi) is 2.80. The van der Waals surface area contributed by atoms with Gasteiger partial charge >= 0.3 is 0 Å². The third-order valence-corrected chi connectivity index (χ3v) is 3.87. The smallest absolute Gasteiger partial charge is 0.272 e. The molecule has 2 N–H and O–H groups in total. The highest BCUT2D eigenvalue weighted by Gasteiger charge is 2.26. The van der Waals surface area contributed by atoms with Crippen molar-refractivity contribution in [1.29, 1.82) is 0 Å². The zero-order valence-corrected chi connectivity index (χ0v) is 11.5. The number of nitrogens with zero attached hydrogens (tertiary/aromatic N) is 2. The first-order valence-corrected chi connectivity index (χ1v) is 7.15. The molecule has 0 saturated heterocycles. The number of fused-ring (bicyclic) bond motifs is 2. The van der Waals surface area contributed by atoms with Gasteiger partial charge < -0.3 is 19.9 Å². The topological polar surface area (TPSA) is 68.2 Å². The molecule has 2 aliphatic heterocycles. The molecule has 0 bridgehead atoms. The van der Waals surface area contributed by atoms with Crippen LogP contribution in [0.2, 0.25) is 0 Å². The van der Waals surface area contributed by atoms with Crippen LogP contribution >= 0.6 is 0 Å². The second-order valence-corrected chi connectivity index (χ2v) is 5.30. The number of aromatic nitrogens is 2. The van der Waals surface area contributed by atoms with E-state index in [9.17, 15) is 4.79 Å². The normalized spacial score (nSPS) is 19.1. The molecular weight excluding hydrogens is 268 g/mol. The van der Waals surface area contributed by atoms with E-state index in [-0.39, 0.29) is 11.9 Å². The van der Waals surface area contributed by atoms with E-state index in [0.717, 1.165) is 36.8 Å².